The Kier molecular flexibility index (Phi) is 3.20. The van der Waals surface area contributed by atoms with Crippen molar-refractivity contribution in [3.05, 3.63) is 59.5 Å². The molecule has 0 aliphatic rings. The third-order valence-corrected chi connectivity index (χ3v) is 2.63. The first kappa shape index (κ1) is 10.7. The summed E-state index contributed by atoms with van der Waals surface area (Å²) in [6.45, 7) is 2.03. The van der Waals surface area contributed by atoms with Crippen LogP contribution in [-0.2, 0) is 17.6 Å². The van der Waals surface area contributed by atoms with Crippen LogP contribution in [0.15, 0.2) is 47.3 Å². The number of furan rings is 1. The predicted octanol–water partition coefficient (Wildman–Crippen LogP) is 2.94. The molecule has 2 rings (SSSR count). The van der Waals surface area contributed by atoms with Gasteiger partial charge in [-0.05, 0) is 29.7 Å². The van der Waals surface area contributed by atoms with Gasteiger partial charge in [0, 0.05) is 12.8 Å². The number of hydrogen-bond donors (Lipinski definition) is 0. The van der Waals surface area contributed by atoms with Crippen molar-refractivity contribution in [3.8, 4) is 0 Å². The van der Waals surface area contributed by atoms with Gasteiger partial charge in [0.25, 0.3) is 0 Å². The highest BCUT2D eigenvalue weighted by Gasteiger charge is 2.07. The number of carbonyl (C=O) groups is 1. The van der Waals surface area contributed by atoms with Gasteiger partial charge in [0.2, 0.25) is 0 Å². The molecule has 0 aliphatic heterocycles. The Bertz CT molecular complexity index is 469. The molecule has 0 saturated heterocycles. The van der Waals surface area contributed by atoms with Gasteiger partial charge in [-0.3, -0.25) is 4.79 Å². The third kappa shape index (κ3) is 2.60. The molecule has 82 valence electrons. The largest absolute Gasteiger partial charge is 0.472 e. The maximum absolute atomic E-state index is 11.8. The molecule has 0 saturated carbocycles. The van der Waals surface area contributed by atoms with Crippen molar-refractivity contribution in [1.29, 1.82) is 0 Å². The average Bonchev–Trinajstić information content (AvgIpc) is 2.74. The molecule has 0 atom stereocenters. The van der Waals surface area contributed by atoms with Crippen LogP contribution in [0.3, 0.4) is 0 Å². The van der Waals surface area contributed by atoms with E-state index in [2.05, 4.69) is 0 Å². The zero-order chi connectivity index (χ0) is 11.4. The quantitative estimate of drug-likeness (QED) is 0.783. The first-order valence-corrected chi connectivity index (χ1v) is 5.33. The maximum Gasteiger partial charge on any atom is 0.141 e. The monoisotopic (exact) mass is 214 g/mol. The van der Waals surface area contributed by atoms with E-state index in [9.17, 15) is 4.79 Å². The normalized spacial score (nSPS) is 10.3. The van der Waals surface area contributed by atoms with Crippen LogP contribution in [0.5, 0.6) is 0 Å². The van der Waals surface area contributed by atoms with Crippen molar-refractivity contribution in [2.45, 2.75) is 19.8 Å². The number of carbonyl (C=O) groups excluding carboxylic acids is 1. The molecule has 0 spiro atoms. The Morgan fingerprint density at radius 2 is 2.00 bits per heavy atom. The molecule has 0 radical (unpaired) electrons. The number of hydrogen-bond acceptors (Lipinski definition) is 2. The van der Waals surface area contributed by atoms with E-state index in [4.69, 9.17) is 4.42 Å². The van der Waals surface area contributed by atoms with E-state index in [1.165, 1.54) is 5.56 Å². The van der Waals surface area contributed by atoms with E-state index in [0.717, 1.165) is 11.1 Å². The number of ketones is 1. The molecule has 1 aromatic carbocycles. The minimum atomic E-state index is 0.218. The summed E-state index contributed by atoms with van der Waals surface area (Å²) >= 11 is 0. The molecule has 1 aromatic heterocycles. The van der Waals surface area contributed by atoms with E-state index < -0.39 is 0 Å². The summed E-state index contributed by atoms with van der Waals surface area (Å²) in [7, 11) is 0. The van der Waals surface area contributed by atoms with Crippen LogP contribution in [0.2, 0.25) is 0 Å². The second kappa shape index (κ2) is 4.79. The molecule has 2 heteroatoms. The minimum Gasteiger partial charge on any atom is -0.472 e. The lowest BCUT2D eigenvalue weighted by Crippen LogP contribution is -2.06. The molecule has 0 fully saturated rings. The number of rotatable bonds is 4. The van der Waals surface area contributed by atoms with E-state index >= 15 is 0 Å². The fourth-order valence-corrected chi connectivity index (χ4v) is 1.70. The summed E-state index contributed by atoms with van der Waals surface area (Å²) in [6.07, 6.45) is 4.16. The van der Waals surface area contributed by atoms with Crippen molar-refractivity contribution < 1.29 is 9.21 Å². The molecule has 2 aromatic rings. The van der Waals surface area contributed by atoms with Crippen LogP contribution in [0.4, 0.5) is 0 Å². The predicted molar refractivity (Wildman–Crippen MR) is 62.3 cm³/mol. The fraction of sp³-hybridized carbons (Fsp3) is 0.214. The van der Waals surface area contributed by atoms with Crippen molar-refractivity contribution in [2.24, 2.45) is 0 Å². The van der Waals surface area contributed by atoms with Gasteiger partial charge in [-0.2, -0.15) is 0 Å². The van der Waals surface area contributed by atoms with Crippen molar-refractivity contribution in [1.82, 2.24) is 0 Å². The lowest BCUT2D eigenvalue weighted by atomic mass is 10.0. The van der Waals surface area contributed by atoms with Crippen LogP contribution >= 0.6 is 0 Å². The molecular weight excluding hydrogens is 200 g/mol. The number of Topliss-reactive ketones (excluding diaryl/α,β-unsaturated/α-hetero) is 1. The molecular formula is C14H14O2. The van der Waals surface area contributed by atoms with Gasteiger partial charge in [0.15, 0.2) is 0 Å². The van der Waals surface area contributed by atoms with Gasteiger partial charge >= 0.3 is 0 Å². The van der Waals surface area contributed by atoms with Gasteiger partial charge in [-0.25, -0.2) is 0 Å². The summed E-state index contributed by atoms with van der Waals surface area (Å²) < 4.78 is 4.94. The Morgan fingerprint density at radius 3 is 2.69 bits per heavy atom. The Hall–Kier alpha value is -1.83. The first-order chi connectivity index (χ1) is 7.75. The highest BCUT2D eigenvalue weighted by Crippen LogP contribution is 2.10. The lowest BCUT2D eigenvalue weighted by Gasteiger charge is -2.03. The Morgan fingerprint density at radius 1 is 1.19 bits per heavy atom. The first-order valence-electron chi connectivity index (χ1n) is 5.33. The molecule has 0 N–H and O–H groups in total. The molecule has 1 heterocycles. The van der Waals surface area contributed by atoms with Crippen LogP contribution in [0, 0.1) is 6.92 Å². The van der Waals surface area contributed by atoms with Gasteiger partial charge in [0.1, 0.15) is 5.78 Å². The average molecular weight is 214 g/mol. The molecule has 0 bridgehead atoms. The summed E-state index contributed by atoms with van der Waals surface area (Å²) in [5, 5.41) is 0. The van der Waals surface area contributed by atoms with Crippen LogP contribution < -0.4 is 0 Å². The molecule has 2 nitrogen and oxygen atoms in total. The molecule has 16 heavy (non-hydrogen) atoms. The van der Waals surface area contributed by atoms with Gasteiger partial charge in [-0.1, -0.05) is 24.3 Å². The standard InChI is InChI=1S/C14H14O2/c1-11-4-2-3-5-13(11)9-14(15)8-12-6-7-16-10-12/h2-7,10H,8-9H2,1H3. The summed E-state index contributed by atoms with van der Waals surface area (Å²) in [4.78, 5) is 11.8. The zero-order valence-electron chi connectivity index (χ0n) is 9.27. The van der Waals surface area contributed by atoms with E-state index in [1.807, 2.05) is 37.3 Å². The lowest BCUT2D eigenvalue weighted by molar-refractivity contribution is -0.117. The van der Waals surface area contributed by atoms with E-state index in [0.29, 0.717) is 12.8 Å². The van der Waals surface area contributed by atoms with Gasteiger partial charge in [-0.15, -0.1) is 0 Å². The SMILES string of the molecule is Cc1ccccc1CC(=O)Cc1ccoc1. The van der Waals surface area contributed by atoms with Crippen LogP contribution in [0.1, 0.15) is 16.7 Å². The zero-order valence-corrected chi connectivity index (χ0v) is 9.27. The Labute approximate surface area is 94.9 Å². The van der Waals surface area contributed by atoms with Crippen molar-refractivity contribution in [3.63, 3.8) is 0 Å². The smallest absolute Gasteiger partial charge is 0.141 e. The minimum absolute atomic E-state index is 0.218. The van der Waals surface area contributed by atoms with Crippen molar-refractivity contribution in [2.75, 3.05) is 0 Å². The van der Waals surface area contributed by atoms with Gasteiger partial charge < -0.3 is 4.42 Å². The Balaban J connectivity index is 2.00. The summed E-state index contributed by atoms with van der Waals surface area (Å²) in [6, 6.07) is 9.81. The third-order valence-electron chi connectivity index (χ3n) is 2.63. The number of benzene rings is 1. The van der Waals surface area contributed by atoms with E-state index in [-0.39, 0.29) is 5.78 Å². The summed E-state index contributed by atoms with van der Waals surface area (Å²) in [5.74, 6) is 0.218. The second-order valence-electron chi connectivity index (χ2n) is 3.95. The molecule has 0 aliphatic carbocycles. The maximum atomic E-state index is 11.8. The number of aryl methyl sites for hydroxylation is 1. The molecule has 0 amide bonds. The van der Waals surface area contributed by atoms with Crippen molar-refractivity contribution >= 4 is 5.78 Å². The van der Waals surface area contributed by atoms with E-state index in [1.54, 1.807) is 12.5 Å². The highest BCUT2D eigenvalue weighted by atomic mass is 16.3. The highest BCUT2D eigenvalue weighted by molar-refractivity contribution is 5.83. The van der Waals surface area contributed by atoms with Crippen LogP contribution in [-0.4, -0.2) is 5.78 Å². The second-order valence-corrected chi connectivity index (χ2v) is 3.95. The van der Waals surface area contributed by atoms with Crippen LogP contribution in [0.25, 0.3) is 0 Å². The topological polar surface area (TPSA) is 30.2 Å². The summed E-state index contributed by atoms with van der Waals surface area (Å²) in [5.41, 5.74) is 3.22. The molecule has 0 unspecified atom stereocenters. The van der Waals surface area contributed by atoms with Gasteiger partial charge in [0.05, 0.1) is 12.5 Å². The fourth-order valence-electron chi connectivity index (χ4n) is 1.70.